The number of carbonyl (C=O) groups excluding carboxylic acids is 2. The van der Waals surface area contributed by atoms with Crippen LogP contribution < -0.4 is 10.2 Å². The average molecular weight is 412 g/mol. The Morgan fingerprint density at radius 3 is 2.66 bits per heavy atom. The van der Waals surface area contributed by atoms with Crippen LogP contribution in [-0.2, 0) is 9.59 Å². The molecule has 2 aliphatic heterocycles. The Hall–Kier alpha value is -2.47. The molecule has 0 bridgehead atoms. The van der Waals surface area contributed by atoms with Crippen molar-refractivity contribution in [3.05, 3.63) is 47.1 Å². The molecule has 0 unspecified atom stereocenters. The molecule has 29 heavy (non-hydrogen) atoms. The van der Waals surface area contributed by atoms with E-state index in [9.17, 15) is 9.59 Å². The molecular weight excluding hydrogens is 382 g/mol. The smallest absolute Gasteiger partial charge is 0.265 e. The second-order valence-corrected chi connectivity index (χ2v) is 8.84. The number of aryl methyl sites for hydroxylation is 1. The molecule has 0 saturated carbocycles. The number of amides is 2. The summed E-state index contributed by atoms with van der Waals surface area (Å²) in [4.78, 5) is 29.1. The van der Waals surface area contributed by atoms with E-state index in [1.165, 1.54) is 16.2 Å². The molecule has 1 saturated heterocycles. The van der Waals surface area contributed by atoms with Gasteiger partial charge in [-0.25, -0.2) is 0 Å². The molecule has 0 aliphatic carbocycles. The SMILES string of the molecule is C=CCN1C(=O)/C(=C\c2cc3c(cc2C)N(CC)C(C)(C)C[C@H]3C)C(=O)NC1=S. The highest BCUT2D eigenvalue weighted by atomic mass is 32.1. The van der Waals surface area contributed by atoms with Gasteiger partial charge in [-0.05, 0) is 87.2 Å². The van der Waals surface area contributed by atoms with Crippen LogP contribution in [0.4, 0.5) is 5.69 Å². The Labute approximate surface area is 178 Å². The number of thiocarbonyl (C=S) groups is 1. The summed E-state index contributed by atoms with van der Waals surface area (Å²) >= 11 is 5.13. The van der Waals surface area contributed by atoms with Gasteiger partial charge in [-0.1, -0.05) is 13.0 Å². The molecule has 6 heteroatoms. The Morgan fingerprint density at radius 2 is 2.03 bits per heavy atom. The van der Waals surface area contributed by atoms with Gasteiger partial charge in [0, 0.05) is 24.3 Å². The van der Waals surface area contributed by atoms with Crippen LogP contribution in [-0.4, -0.2) is 40.5 Å². The molecule has 2 amide bonds. The molecule has 5 nitrogen and oxygen atoms in total. The van der Waals surface area contributed by atoms with E-state index in [-0.39, 0.29) is 28.7 Å². The van der Waals surface area contributed by atoms with E-state index < -0.39 is 5.91 Å². The normalized spacial score (nSPS) is 22.6. The van der Waals surface area contributed by atoms with E-state index >= 15 is 0 Å². The second-order valence-electron chi connectivity index (χ2n) is 8.45. The lowest BCUT2D eigenvalue weighted by Gasteiger charge is -2.47. The molecule has 2 aliphatic rings. The molecule has 0 spiro atoms. The molecule has 2 heterocycles. The van der Waals surface area contributed by atoms with Crippen LogP contribution in [0.1, 0.15) is 56.7 Å². The highest BCUT2D eigenvalue weighted by molar-refractivity contribution is 7.80. The number of carbonyl (C=O) groups is 2. The summed E-state index contributed by atoms with van der Waals surface area (Å²) in [6, 6.07) is 4.31. The lowest BCUT2D eigenvalue weighted by atomic mass is 9.79. The van der Waals surface area contributed by atoms with Crippen molar-refractivity contribution in [2.75, 3.05) is 18.0 Å². The maximum atomic E-state index is 12.8. The average Bonchev–Trinajstić information content (AvgIpc) is 2.62. The fraction of sp³-hybridized carbons (Fsp3) is 0.435. The highest BCUT2D eigenvalue weighted by Crippen LogP contribution is 2.44. The predicted molar refractivity (Wildman–Crippen MR) is 122 cm³/mol. The Kier molecular flexibility index (Phi) is 5.68. The summed E-state index contributed by atoms with van der Waals surface area (Å²) in [5, 5.41) is 2.72. The van der Waals surface area contributed by atoms with Gasteiger partial charge < -0.3 is 4.90 Å². The molecule has 1 N–H and O–H groups in total. The lowest BCUT2D eigenvalue weighted by Crippen LogP contribution is -2.53. The Morgan fingerprint density at radius 1 is 1.34 bits per heavy atom. The van der Waals surface area contributed by atoms with Gasteiger partial charge in [-0.15, -0.1) is 6.58 Å². The Bertz CT molecular complexity index is 932. The van der Waals surface area contributed by atoms with Crippen molar-refractivity contribution in [3.63, 3.8) is 0 Å². The van der Waals surface area contributed by atoms with Crippen LogP contribution in [0.25, 0.3) is 6.08 Å². The third-order valence-electron chi connectivity index (χ3n) is 5.89. The summed E-state index contributed by atoms with van der Waals surface area (Å²) in [7, 11) is 0. The zero-order valence-corrected chi connectivity index (χ0v) is 18.7. The van der Waals surface area contributed by atoms with E-state index in [1.54, 1.807) is 12.2 Å². The highest BCUT2D eigenvalue weighted by Gasteiger charge is 2.36. The molecule has 1 atom stereocenters. The summed E-state index contributed by atoms with van der Waals surface area (Å²) in [5.41, 5.74) is 4.60. The van der Waals surface area contributed by atoms with Crippen molar-refractivity contribution in [2.45, 2.75) is 52.5 Å². The van der Waals surface area contributed by atoms with E-state index in [0.29, 0.717) is 5.92 Å². The van der Waals surface area contributed by atoms with Crippen LogP contribution in [0.15, 0.2) is 30.4 Å². The monoisotopic (exact) mass is 411 g/mol. The van der Waals surface area contributed by atoms with Crippen molar-refractivity contribution >= 4 is 40.9 Å². The standard InChI is InChI=1S/C23H29N3O2S/c1-7-9-25-21(28)18(20(27)24-22(25)29)12-16-11-17-15(4)13-23(5,6)26(8-2)19(17)10-14(16)3/h7,10-12,15H,1,8-9,13H2,2-6H3,(H,24,27,29)/b18-12-/t15-/m1/s1. The van der Waals surface area contributed by atoms with Gasteiger partial charge in [-0.3, -0.25) is 19.8 Å². The van der Waals surface area contributed by atoms with Crippen LogP contribution in [0.5, 0.6) is 0 Å². The minimum atomic E-state index is -0.457. The number of hydrogen-bond donors (Lipinski definition) is 1. The molecule has 0 radical (unpaired) electrons. The first-order valence-corrected chi connectivity index (χ1v) is 10.4. The minimum Gasteiger partial charge on any atom is -0.366 e. The largest absolute Gasteiger partial charge is 0.366 e. The van der Waals surface area contributed by atoms with Gasteiger partial charge in [0.15, 0.2) is 5.11 Å². The van der Waals surface area contributed by atoms with E-state index in [2.05, 4.69) is 56.6 Å². The fourth-order valence-corrected chi connectivity index (χ4v) is 4.80. The van der Waals surface area contributed by atoms with Gasteiger partial charge in [-0.2, -0.15) is 0 Å². The number of anilines is 1. The quantitative estimate of drug-likeness (QED) is 0.353. The molecule has 3 rings (SSSR count). The molecular formula is C23H29N3O2S. The van der Waals surface area contributed by atoms with Crippen molar-refractivity contribution in [2.24, 2.45) is 0 Å². The van der Waals surface area contributed by atoms with Crippen LogP contribution in [0, 0.1) is 6.92 Å². The first-order valence-electron chi connectivity index (χ1n) is 10.0. The van der Waals surface area contributed by atoms with E-state index in [0.717, 1.165) is 24.1 Å². The third-order valence-corrected chi connectivity index (χ3v) is 6.21. The zero-order chi connectivity index (χ0) is 21.5. The molecule has 1 aromatic carbocycles. The number of nitrogens with zero attached hydrogens (tertiary/aromatic N) is 2. The lowest BCUT2D eigenvalue weighted by molar-refractivity contribution is -0.128. The summed E-state index contributed by atoms with van der Waals surface area (Å²) in [6.45, 7) is 15.8. The maximum Gasteiger partial charge on any atom is 0.265 e. The van der Waals surface area contributed by atoms with Crippen molar-refractivity contribution in [1.29, 1.82) is 0 Å². The molecule has 1 fully saturated rings. The van der Waals surface area contributed by atoms with Crippen LogP contribution in [0.3, 0.4) is 0 Å². The zero-order valence-electron chi connectivity index (χ0n) is 17.8. The molecule has 1 aromatic rings. The first-order chi connectivity index (χ1) is 13.6. The summed E-state index contributed by atoms with van der Waals surface area (Å²) < 4.78 is 0. The second kappa shape index (κ2) is 7.75. The van der Waals surface area contributed by atoms with Crippen molar-refractivity contribution < 1.29 is 9.59 Å². The van der Waals surface area contributed by atoms with Gasteiger partial charge in [0.25, 0.3) is 11.8 Å². The number of nitrogens with one attached hydrogen (secondary N) is 1. The van der Waals surface area contributed by atoms with E-state index in [1.807, 2.05) is 6.92 Å². The van der Waals surface area contributed by atoms with Crippen molar-refractivity contribution in [3.8, 4) is 0 Å². The number of rotatable bonds is 4. The topological polar surface area (TPSA) is 52.7 Å². The Balaban J connectivity index is 2.08. The molecule has 0 aromatic heterocycles. The van der Waals surface area contributed by atoms with Gasteiger partial charge in [0.2, 0.25) is 0 Å². The number of fused-ring (bicyclic) bond motifs is 1. The first kappa shape index (κ1) is 21.2. The minimum absolute atomic E-state index is 0.0910. The number of benzene rings is 1. The van der Waals surface area contributed by atoms with Gasteiger partial charge >= 0.3 is 0 Å². The molecule has 154 valence electrons. The van der Waals surface area contributed by atoms with Crippen LogP contribution >= 0.6 is 12.2 Å². The van der Waals surface area contributed by atoms with Gasteiger partial charge in [0.1, 0.15) is 5.57 Å². The number of hydrogen-bond acceptors (Lipinski definition) is 4. The summed E-state index contributed by atoms with van der Waals surface area (Å²) in [5.74, 6) is -0.455. The van der Waals surface area contributed by atoms with Crippen molar-refractivity contribution in [1.82, 2.24) is 10.2 Å². The van der Waals surface area contributed by atoms with Gasteiger partial charge in [0.05, 0.1) is 0 Å². The van der Waals surface area contributed by atoms with Crippen LogP contribution in [0.2, 0.25) is 0 Å². The predicted octanol–water partition coefficient (Wildman–Crippen LogP) is 3.92. The third kappa shape index (κ3) is 3.73. The summed E-state index contributed by atoms with van der Waals surface area (Å²) in [6.07, 6.45) is 4.33. The van der Waals surface area contributed by atoms with E-state index in [4.69, 9.17) is 12.2 Å². The fourth-order valence-electron chi connectivity index (χ4n) is 4.55. The maximum absolute atomic E-state index is 12.8.